The summed E-state index contributed by atoms with van der Waals surface area (Å²) in [4.78, 5) is 4.38. The number of aromatic nitrogens is 2. The monoisotopic (exact) mass is 422 g/mol. The van der Waals surface area contributed by atoms with E-state index in [4.69, 9.17) is 44.3 Å². The summed E-state index contributed by atoms with van der Waals surface area (Å²) in [6, 6.07) is 11.6. The minimum atomic E-state index is -0.320. The van der Waals surface area contributed by atoms with E-state index >= 15 is 0 Å². The average molecular weight is 424 g/mol. The third-order valence-electron chi connectivity index (χ3n) is 4.80. The van der Waals surface area contributed by atoms with Crippen LogP contribution in [0.25, 0.3) is 5.69 Å². The van der Waals surface area contributed by atoms with Crippen molar-refractivity contribution in [2.75, 3.05) is 13.7 Å². The van der Waals surface area contributed by atoms with Crippen molar-refractivity contribution >= 4 is 34.8 Å². The largest absolute Gasteiger partial charge is 0.496 e. The van der Waals surface area contributed by atoms with E-state index in [0.29, 0.717) is 23.2 Å². The van der Waals surface area contributed by atoms with Crippen molar-refractivity contribution in [2.45, 2.75) is 19.4 Å². The lowest BCUT2D eigenvalue weighted by Crippen LogP contribution is -2.18. The number of methoxy groups -OCH3 is 1. The van der Waals surface area contributed by atoms with Gasteiger partial charge in [-0.3, -0.25) is 4.57 Å². The average Bonchev–Trinajstić information content (AvgIpc) is 2.92. The molecule has 0 saturated heterocycles. The maximum Gasteiger partial charge on any atom is 0.166 e. The first-order valence-corrected chi connectivity index (χ1v) is 9.62. The smallest absolute Gasteiger partial charge is 0.166 e. The second-order valence-electron chi connectivity index (χ2n) is 6.32. The lowest BCUT2D eigenvalue weighted by Gasteiger charge is -2.27. The molecule has 0 spiro atoms. The van der Waals surface area contributed by atoms with Gasteiger partial charge in [0.1, 0.15) is 17.7 Å². The number of benzene rings is 2. The van der Waals surface area contributed by atoms with Gasteiger partial charge in [-0.1, -0.05) is 46.9 Å². The molecule has 0 unspecified atom stereocenters. The van der Waals surface area contributed by atoms with Crippen LogP contribution in [0.3, 0.4) is 0 Å². The zero-order chi connectivity index (χ0) is 19.1. The van der Waals surface area contributed by atoms with Gasteiger partial charge in [0.25, 0.3) is 0 Å². The summed E-state index contributed by atoms with van der Waals surface area (Å²) in [6.45, 7) is 2.49. The minimum absolute atomic E-state index is 0.281. The van der Waals surface area contributed by atoms with E-state index < -0.39 is 0 Å². The van der Waals surface area contributed by atoms with Crippen molar-refractivity contribution in [3.63, 3.8) is 0 Å². The maximum atomic E-state index is 6.47. The molecular formula is C20H17Cl3N2O2. The standard InChI is InChI=1S/C20H17Cl3N2O2/c1-11-13(4-3-5-16(11)26-2)18-14-10-12(21)6-7-15(14)25-17(8-9-27-18)24-19(22)20(25)23/h3-7,10,18H,8-9H2,1-2H3/t18-/m1/s1. The van der Waals surface area contributed by atoms with Gasteiger partial charge in [-0.2, -0.15) is 0 Å². The highest BCUT2D eigenvalue weighted by Gasteiger charge is 2.28. The molecule has 2 aromatic carbocycles. The first-order chi connectivity index (χ1) is 13.0. The number of rotatable bonds is 2. The van der Waals surface area contributed by atoms with Crippen LogP contribution in [-0.2, 0) is 11.2 Å². The first-order valence-electron chi connectivity index (χ1n) is 8.48. The lowest BCUT2D eigenvalue weighted by atomic mass is 9.95. The molecule has 1 aliphatic heterocycles. The van der Waals surface area contributed by atoms with Crippen molar-refractivity contribution in [2.24, 2.45) is 0 Å². The van der Waals surface area contributed by atoms with Crippen LogP contribution in [0.4, 0.5) is 0 Å². The number of ether oxygens (including phenoxy) is 2. The van der Waals surface area contributed by atoms with Gasteiger partial charge in [-0.25, -0.2) is 4.98 Å². The molecule has 4 nitrogen and oxygen atoms in total. The predicted molar refractivity (Wildman–Crippen MR) is 108 cm³/mol. The Labute approximate surface area is 172 Å². The molecule has 0 aliphatic carbocycles. The summed E-state index contributed by atoms with van der Waals surface area (Å²) >= 11 is 19.0. The molecule has 7 heteroatoms. The van der Waals surface area contributed by atoms with Crippen LogP contribution >= 0.6 is 34.8 Å². The fourth-order valence-corrected chi connectivity index (χ4v) is 4.11. The lowest BCUT2D eigenvalue weighted by molar-refractivity contribution is 0.0788. The van der Waals surface area contributed by atoms with E-state index in [1.807, 2.05) is 47.9 Å². The normalized spacial score (nSPS) is 16.3. The van der Waals surface area contributed by atoms with E-state index in [0.717, 1.165) is 34.0 Å². The molecule has 3 aromatic rings. The Morgan fingerprint density at radius 2 is 1.96 bits per heavy atom. The van der Waals surface area contributed by atoms with Crippen molar-refractivity contribution in [3.05, 3.63) is 74.2 Å². The summed E-state index contributed by atoms with van der Waals surface area (Å²) < 4.78 is 13.6. The van der Waals surface area contributed by atoms with Gasteiger partial charge >= 0.3 is 0 Å². The van der Waals surface area contributed by atoms with Gasteiger partial charge in [0.05, 0.1) is 19.4 Å². The Morgan fingerprint density at radius 3 is 2.74 bits per heavy atom. The number of halogens is 3. The molecular weight excluding hydrogens is 407 g/mol. The third kappa shape index (κ3) is 3.21. The van der Waals surface area contributed by atoms with Crippen molar-refractivity contribution in [1.82, 2.24) is 9.55 Å². The molecule has 140 valence electrons. The predicted octanol–water partition coefficient (Wildman–Crippen LogP) is 5.81. The Kier molecular flexibility index (Phi) is 5.08. The summed E-state index contributed by atoms with van der Waals surface area (Å²) in [6.07, 6.45) is 0.271. The zero-order valence-corrected chi connectivity index (χ0v) is 17.1. The topological polar surface area (TPSA) is 36.3 Å². The molecule has 1 aromatic heterocycles. The van der Waals surface area contributed by atoms with Crippen LogP contribution < -0.4 is 4.74 Å². The molecule has 2 heterocycles. The van der Waals surface area contributed by atoms with Gasteiger partial charge in [0, 0.05) is 17.0 Å². The second kappa shape index (κ2) is 7.36. The summed E-state index contributed by atoms with van der Waals surface area (Å²) in [7, 11) is 1.66. The van der Waals surface area contributed by atoms with Crippen LogP contribution in [0.1, 0.15) is 28.6 Å². The summed E-state index contributed by atoms with van der Waals surface area (Å²) in [5.74, 6) is 1.57. The molecule has 0 fully saturated rings. The molecule has 0 N–H and O–H groups in total. The Morgan fingerprint density at radius 1 is 1.15 bits per heavy atom. The van der Waals surface area contributed by atoms with Gasteiger partial charge in [0.15, 0.2) is 10.3 Å². The number of fused-ring (bicyclic) bond motifs is 3. The molecule has 0 radical (unpaired) electrons. The highest BCUT2D eigenvalue weighted by atomic mass is 35.5. The number of hydrogen-bond acceptors (Lipinski definition) is 3. The zero-order valence-electron chi connectivity index (χ0n) is 14.8. The highest BCUT2D eigenvalue weighted by Crippen LogP contribution is 2.40. The first kappa shape index (κ1) is 18.6. The van der Waals surface area contributed by atoms with Gasteiger partial charge < -0.3 is 9.47 Å². The van der Waals surface area contributed by atoms with E-state index in [2.05, 4.69) is 4.98 Å². The third-order valence-corrected chi connectivity index (χ3v) is 5.75. The molecule has 4 rings (SSSR count). The van der Waals surface area contributed by atoms with Crippen LogP contribution in [0.15, 0.2) is 36.4 Å². The highest BCUT2D eigenvalue weighted by molar-refractivity contribution is 6.40. The SMILES string of the molecule is COc1cccc([C@H]2OCCc3nc(Cl)c(Cl)n3-c3ccc(Cl)cc32)c1C. The molecule has 0 amide bonds. The van der Waals surface area contributed by atoms with Crippen molar-refractivity contribution < 1.29 is 9.47 Å². The summed E-state index contributed by atoms with van der Waals surface area (Å²) in [5.41, 5.74) is 3.79. The molecule has 1 atom stereocenters. The quantitative estimate of drug-likeness (QED) is 0.522. The second-order valence-corrected chi connectivity index (χ2v) is 7.48. The molecule has 27 heavy (non-hydrogen) atoms. The van der Waals surface area contributed by atoms with Crippen LogP contribution in [0.5, 0.6) is 5.75 Å². The number of hydrogen-bond donors (Lipinski definition) is 0. The maximum absolute atomic E-state index is 6.47. The minimum Gasteiger partial charge on any atom is -0.496 e. The van der Waals surface area contributed by atoms with Gasteiger partial charge in [-0.15, -0.1) is 0 Å². The van der Waals surface area contributed by atoms with Crippen molar-refractivity contribution in [1.29, 1.82) is 0 Å². The Balaban J connectivity index is 1.97. The number of imidazole rings is 1. The van der Waals surface area contributed by atoms with Crippen LogP contribution in [0.2, 0.25) is 15.3 Å². The molecule has 0 bridgehead atoms. The Bertz CT molecular complexity index is 1020. The summed E-state index contributed by atoms with van der Waals surface area (Å²) in [5, 5.41) is 1.29. The van der Waals surface area contributed by atoms with E-state index in [9.17, 15) is 0 Å². The van der Waals surface area contributed by atoms with E-state index in [-0.39, 0.29) is 11.3 Å². The fourth-order valence-electron chi connectivity index (χ4n) is 3.52. The van der Waals surface area contributed by atoms with Gasteiger partial charge in [-0.05, 0) is 42.3 Å². The fraction of sp³-hybridized carbons (Fsp3) is 0.250. The Hall–Kier alpha value is -1.72. The van der Waals surface area contributed by atoms with Crippen molar-refractivity contribution in [3.8, 4) is 11.4 Å². The van der Waals surface area contributed by atoms with Crippen LogP contribution in [-0.4, -0.2) is 23.3 Å². The number of nitrogens with zero attached hydrogens (tertiary/aromatic N) is 2. The van der Waals surface area contributed by atoms with E-state index in [1.165, 1.54) is 0 Å². The van der Waals surface area contributed by atoms with Gasteiger partial charge in [0.2, 0.25) is 0 Å². The van der Waals surface area contributed by atoms with E-state index in [1.54, 1.807) is 7.11 Å². The molecule has 1 aliphatic rings. The molecule has 0 saturated carbocycles. The van der Waals surface area contributed by atoms with Crippen LogP contribution in [0, 0.1) is 6.92 Å².